The summed E-state index contributed by atoms with van der Waals surface area (Å²) in [7, 11) is 0. The number of aromatic hydroxyl groups is 1. The van der Waals surface area contributed by atoms with Crippen LogP contribution in [-0.4, -0.2) is 49.2 Å². The van der Waals surface area contributed by atoms with Crippen molar-refractivity contribution in [2.75, 3.05) is 0 Å². The normalized spacial score (nSPS) is 34.6. The number of aliphatic hydroxyl groups is 3. The standard InChI is InChI=1S/C30H34O8/c1-8-16(32)12-19-28(6)14(4)17-10-9-11-18(33)21(17)25(35)23(28)27(37)30(38)26(36)20(15(5)31)24(34)22(13(2)3)29(19,30)7/h8-11,13-14,19,22,33-34,37-38H,1,12H2,2-7H3/t14-,19-,22?,28-,29-,30+/m1/s1. The van der Waals surface area contributed by atoms with Crippen LogP contribution in [0.2, 0.25) is 0 Å². The van der Waals surface area contributed by atoms with Crippen LogP contribution in [0.1, 0.15) is 69.8 Å². The fourth-order valence-electron chi connectivity index (χ4n) is 7.81. The van der Waals surface area contributed by atoms with Crippen LogP contribution < -0.4 is 0 Å². The maximum absolute atomic E-state index is 14.0. The molecule has 38 heavy (non-hydrogen) atoms. The molecule has 3 aliphatic rings. The minimum atomic E-state index is -2.81. The summed E-state index contributed by atoms with van der Waals surface area (Å²) in [6.07, 6.45) is 0.852. The van der Waals surface area contributed by atoms with Crippen molar-refractivity contribution in [1.29, 1.82) is 0 Å². The molecule has 4 N–H and O–H groups in total. The third-order valence-corrected chi connectivity index (χ3v) is 9.64. The van der Waals surface area contributed by atoms with Crippen LogP contribution in [0.25, 0.3) is 0 Å². The van der Waals surface area contributed by atoms with Crippen molar-refractivity contribution in [3.05, 3.63) is 64.6 Å². The van der Waals surface area contributed by atoms with Gasteiger partial charge in [0.25, 0.3) is 0 Å². The number of aliphatic hydroxyl groups excluding tert-OH is 2. The minimum absolute atomic E-state index is 0.0612. The van der Waals surface area contributed by atoms with Crippen LogP contribution in [0.15, 0.2) is 53.5 Å². The van der Waals surface area contributed by atoms with E-state index in [4.69, 9.17) is 0 Å². The topological polar surface area (TPSA) is 149 Å². The van der Waals surface area contributed by atoms with E-state index in [1.54, 1.807) is 39.8 Å². The molecular formula is C30H34O8. The fraction of sp³-hybridized carbons (Fsp3) is 0.467. The van der Waals surface area contributed by atoms with Crippen LogP contribution in [0.3, 0.4) is 0 Å². The van der Waals surface area contributed by atoms with Crippen LogP contribution >= 0.6 is 0 Å². The lowest BCUT2D eigenvalue weighted by Gasteiger charge is -2.65. The molecule has 0 heterocycles. The Morgan fingerprint density at radius 2 is 1.74 bits per heavy atom. The smallest absolute Gasteiger partial charge is 0.209 e. The molecule has 1 aromatic rings. The number of allylic oxidation sites excluding steroid dienone is 3. The van der Waals surface area contributed by atoms with Crippen molar-refractivity contribution in [3.8, 4) is 5.75 Å². The molecular weight excluding hydrogens is 488 g/mol. The number of benzene rings is 1. The Morgan fingerprint density at radius 3 is 2.26 bits per heavy atom. The Labute approximate surface area is 221 Å². The highest BCUT2D eigenvalue weighted by Crippen LogP contribution is 2.71. The molecule has 3 aliphatic carbocycles. The Bertz CT molecular complexity index is 1380. The van der Waals surface area contributed by atoms with E-state index in [2.05, 4.69) is 6.58 Å². The average Bonchev–Trinajstić information content (AvgIpc) is 2.82. The average molecular weight is 523 g/mol. The molecule has 0 amide bonds. The summed E-state index contributed by atoms with van der Waals surface area (Å²) in [4.78, 5) is 53.5. The second-order valence-electron chi connectivity index (χ2n) is 11.6. The SMILES string of the molecule is C=CC(=O)C[C@@H]1[C@]2(C)C(=C(O)[C@@]3(O)C(=O)C(C(C)=O)=C(O)C(C(C)C)[C@@]13C)C(=O)c1c(O)cccc1[C@H]2C. The number of hydrogen-bond acceptors (Lipinski definition) is 8. The van der Waals surface area contributed by atoms with E-state index in [1.807, 2.05) is 0 Å². The van der Waals surface area contributed by atoms with Crippen molar-refractivity contribution >= 4 is 23.1 Å². The summed E-state index contributed by atoms with van der Waals surface area (Å²) in [6.45, 7) is 13.1. The quantitative estimate of drug-likeness (QED) is 0.331. The summed E-state index contributed by atoms with van der Waals surface area (Å²) in [5.74, 6) is -8.04. The lowest BCUT2D eigenvalue weighted by Crippen LogP contribution is -2.71. The van der Waals surface area contributed by atoms with E-state index in [0.29, 0.717) is 5.56 Å². The molecule has 0 spiro atoms. The zero-order chi connectivity index (χ0) is 28.7. The van der Waals surface area contributed by atoms with Gasteiger partial charge in [0.1, 0.15) is 22.8 Å². The number of phenolic OH excluding ortho intramolecular Hbond substituents is 1. The van der Waals surface area contributed by atoms with E-state index < -0.39 is 80.3 Å². The zero-order valence-corrected chi connectivity index (χ0v) is 22.5. The molecule has 0 aromatic heterocycles. The van der Waals surface area contributed by atoms with Gasteiger partial charge in [-0.15, -0.1) is 0 Å². The van der Waals surface area contributed by atoms with Gasteiger partial charge in [-0.2, -0.15) is 0 Å². The van der Waals surface area contributed by atoms with Crippen LogP contribution in [-0.2, 0) is 14.4 Å². The summed E-state index contributed by atoms with van der Waals surface area (Å²) in [5.41, 5.74) is -6.38. The first kappa shape index (κ1) is 27.5. The van der Waals surface area contributed by atoms with Crippen LogP contribution in [0, 0.1) is 28.6 Å². The number of fused-ring (bicyclic) bond motifs is 3. The molecule has 0 fully saturated rings. The molecule has 4 rings (SSSR count). The molecule has 6 atom stereocenters. The highest BCUT2D eigenvalue weighted by Gasteiger charge is 2.75. The molecule has 8 heteroatoms. The number of phenols is 1. The van der Waals surface area contributed by atoms with Gasteiger partial charge in [0.15, 0.2) is 23.0 Å². The van der Waals surface area contributed by atoms with Gasteiger partial charge < -0.3 is 20.4 Å². The van der Waals surface area contributed by atoms with Gasteiger partial charge >= 0.3 is 0 Å². The van der Waals surface area contributed by atoms with Gasteiger partial charge in [0.2, 0.25) is 5.78 Å². The summed E-state index contributed by atoms with van der Waals surface area (Å²) in [5, 5.41) is 46.2. The predicted octanol–water partition coefficient (Wildman–Crippen LogP) is 4.28. The third kappa shape index (κ3) is 3.01. The largest absolute Gasteiger partial charge is 0.511 e. The van der Waals surface area contributed by atoms with Gasteiger partial charge in [-0.25, -0.2) is 0 Å². The Kier molecular flexibility index (Phi) is 6.15. The monoisotopic (exact) mass is 522 g/mol. The molecule has 0 saturated carbocycles. The molecule has 0 aliphatic heterocycles. The molecule has 1 unspecified atom stereocenters. The highest BCUT2D eigenvalue weighted by atomic mass is 16.3. The number of rotatable bonds is 5. The van der Waals surface area contributed by atoms with E-state index in [1.165, 1.54) is 13.0 Å². The van der Waals surface area contributed by atoms with Gasteiger partial charge in [-0.05, 0) is 42.4 Å². The Hall–Kier alpha value is -3.52. The molecule has 0 radical (unpaired) electrons. The summed E-state index contributed by atoms with van der Waals surface area (Å²) >= 11 is 0. The summed E-state index contributed by atoms with van der Waals surface area (Å²) in [6, 6.07) is 4.61. The molecule has 202 valence electrons. The summed E-state index contributed by atoms with van der Waals surface area (Å²) < 4.78 is 0. The number of carbonyl (C=O) groups is 4. The molecule has 8 nitrogen and oxygen atoms in total. The van der Waals surface area contributed by atoms with E-state index in [-0.39, 0.29) is 23.3 Å². The second kappa shape index (κ2) is 8.50. The first-order valence-electron chi connectivity index (χ1n) is 12.7. The van der Waals surface area contributed by atoms with Gasteiger partial charge in [-0.3, -0.25) is 19.2 Å². The van der Waals surface area contributed by atoms with Gasteiger partial charge in [0.05, 0.1) is 5.56 Å². The minimum Gasteiger partial charge on any atom is -0.511 e. The van der Waals surface area contributed by atoms with Crippen molar-refractivity contribution in [2.45, 2.75) is 59.5 Å². The van der Waals surface area contributed by atoms with Crippen LogP contribution in [0.4, 0.5) is 0 Å². The second-order valence-corrected chi connectivity index (χ2v) is 11.6. The maximum atomic E-state index is 14.0. The van der Waals surface area contributed by atoms with Gasteiger partial charge in [0, 0.05) is 28.7 Å². The molecule has 1 aromatic carbocycles. The zero-order valence-electron chi connectivity index (χ0n) is 22.5. The van der Waals surface area contributed by atoms with Crippen LogP contribution in [0.5, 0.6) is 5.75 Å². The number of ketones is 4. The van der Waals surface area contributed by atoms with Gasteiger partial charge in [-0.1, -0.05) is 53.3 Å². The number of hydrogen-bond donors (Lipinski definition) is 4. The van der Waals surface area contributed by atoms with E-state index >= 15 is 0 Å². The first-order chi connectivity index (χ1) is 17.5. The van der Waals surface area contributed by atoms with Crippen molar-refractivity contribution in [1.82, 2.24) is 0 Å². The molecule has 0 saturated heterocycles. The molecule has 0 bridgehead atoms. The first-order valence-corrected chi connectivity index (χ1v) is 12.7. The lowest BCUT2D eigenvalue weighted by molar-refractivity contribution is -0.193. The Morgan fingerprint density at radius 1 is 1.13 bits per heavy atom. The lowest BCUT2D eigenvalue weighted by atomic mass is 9.38. The number of Topliss-reactive ketones (excluding diaryl/α,β-unsaturated/α-hetero) is 3. The fourth-order valence-corrected chi connectivity index (χ4v) is 7.81. The predicted molar refractivity (Wildman–Crippen MR) is 139 cm³/mol. The Balaban J connectivity index is 2.24. The van der Waals surface area contributed by atoms with E-state index in [0.717, 1.165) is 13.0 Å². The van der Waals surface area contributed by atoms with E-state index in [9.17, 15) is 39.6 Å². The number of carbonyl (C=O) groups excluding carboxylic acids is 4. The van der Waals surface area contributed by atoms with Crippen molar-refractivity contribution in [2.24, 2.45) is 28.6 Å². The van der Waals surface area contributed by atoms with Crippen molar-refractivity contribution in [3.63, 3.8) is 0 Å². The maximum Gasteiger partial charge on any atom is 0.209 e. The third-order valence-electron chi connectivity index (χ3n) is 9.64. The van der Waals surface area contributed by atoms with Crippen molar-refractivity contribution < 1.29 is 39.6 Å². The highest BCUT2D eigenvalue weighted by molar-refractivity contribution is 6.25.